The van der Waals surface area contributed by atoms with Crippen LogP contribution in [-0.2, 0) is 9.53 Å². The van der Waals surface area contributed by atoms with Crippen molar-refractivity contribution < 1.29 is 19.1 Å². The molecule has 3 N–H and O–H groups in total. The van der Waals surface area contributed by atoms with Crippen LogP contribution in [0.4, 0.5) is 5.69 Å². The van der Waals surface area contributed by atoms with Crippen LogP contribution in [0.1, 0.15) is 17.3 Å². The summed E-state index contributed by atoms with van der Waals surface area (Å²) in [4.78, 5) is 23.1. The van der Waals surface area contributed by atoms with E-state index >= 15 is 0 Å². The number of nitrogen functional groups attached to an aromatic ring is 1. The number of ether oxygens (including phenoxy) is 2. The monoisotopic (exact) mass is 277 g/mol. The lowest BCUT2D eigenvalue weighted by Crippen LogP contribution is -2.29. The molecule has 0 unspecified atom stereocenters. The van der Waals surface area contributed by atoms with Gasteiger partial charge in [-0.2, -0.15) is 5.26 Å². The van der Waals surface area contributed by atoms with E-state index in [0.29, 0.717) is 5.69 Å². The van der Waals surface area contributed by atoms with Gasteiger partial charge in [0, 0.05) is 5.69 Å². The van der Waals surface area contributed by atoms with E-state index in [9.17, 15) is 9.59 Å². The summed E-state index contributed by atoms with van der Waals surface area (Å²) >= 11 is 0. The zero-order valence-corrected chi connectivity index (χ0v) is 11.0. The van der Waals surface area contributed by atoms with Crippen molar-refractivity contribution in [1.82, 2.24) is 5.32 Å². The molecule has 0 radical (unpaired) electrons. The van der Waals surface area contributed by atoms with Crippen LogP contribution in [0, 0.1) is 11.3 Å². The van der Waals surface area contributed by atoms with Gasteiger partial charge in [-0.05, 0) is 25.1 Å². The van der Waals surface area contributed by atoms with Crippen LogP contribution >= 0.6 is 0 Å². The van der Waals surface area contributed by atoms with Gasteiger partial charge < -0.3 is 20.5 Å². The number of nitrogens with two attached hydrogens (primary N) is 1. The van der Waals surface area contributed by atoms with E-state index in [-0.39, 0.29) is 31.1 Å². The highest BCUT2D eigenvalue weighted by molar-refractivity contribution is 5.93. The molecule has 0 aromatic heterocycles. The van der Waals surface area contributed by atoms with Gasteiger partial charge in [0.15, 0.2) is 6.61 Å². The fourth-order valence-corrected chi connectivity index (χ4v) is 1.37. The molecule has 1 rings (SSSR count). The van der Waals surface area contributed by atoms with Crippen LogP contribution in [0.25, 0.3) is 0 Å². The number of rotatable bonds is 6. The standard InChI is InChI=1S/C13H15N3O4/c1-2-19-13(18)10-7-9(15)3-4-11(10)20-8-12(17)16-6-5-14/h3-4,7H,2,6,8,15H2,1H3,(H,16,17). The van der Waals surface area contributed by atoms with Gasteiger partial charge in [-0.25, -0.2) is 4.79 Å². The van der Waals surface area contributed by atoms with E-state index in [1.54, 1.807) is 19.1 Å². The van der Waals surface area contributed by atoms with Gasteiger partial charge in [-0.3, -0.25) is 4.79 Å². The second-order valence-corrected chi connectivity index (χ2v) is 3.70. The lowest BCUT2D eigenvalue weighted by atomic mass is 10.2. The Morgan fingerprint density at radius 2 is 2.20 bits per heavy atom. The van der Waals surface area contributed by atoms with Gasteiger partial charge in [-0.15, -0.1) is 0 Å². The zero-order chi connectivity index (χ0) is 15.0. The summed E-state index contributed by atoms with van der Waals surface area (Å²) in [5.41, 5.74) is 6.14. The maximum absolute atomic E-state index is 11.7. The molecule has 0 spiro atoms. The van der Waals surface area contributed by atoms with Crippen LogP contribution in [0.5, 0.6) is 5.75 Å². The number of anilines is 1. The SMILES string of the molecule is CCOC(=O)c1cc(N)ccc1OCC(=O)NCC#N. The Bertz CT molecular complexity index is 537. The number of carbonyl (C=O) groups excluding carboxylic acids is 2. The minimum atomic E-state index is -0.577. The molecule has 20 heavy (non-hydrogen) atoms. The number of hydrogen-bond acceptors (Lipinski definition) is 6. The third-order valence-electron chi connectivity index (χ3n) is 2.22. The molecule has 7 heteroatoms. The van der Waals surface area contributed by atoms with Crippen LogP contribution in [-0.4, -0.2) is 31.6 Å². The lowest BCUT2D eigenvalue weighted by Gasteiger charge is -2.11. The third-order valence-corrected chi connectivity index (χ3v) is 2.22. The molecule has 0 saturated carbocycles. The summed E-state index contributed by atoms with van der Waals surface area (Å²) < 4.78 is 10.1. The van der Waals surface area contributed by atoms with Crippen molar-refractivity contribution in [2.24, 2.45) is 0 Å². The van der Waals surface area contributed by atoms with Crippen molar-refractivity contribution >= 4 is 17.6 Å². The maximum atomic E-state index is 11.7. The fourth-order valence-electron chi connectivity index (χ4n) is 1.37. The minimum absolute atomic E-state index is 0.103. The fraction of sp³-hybridized carbons (Fsp3) is 0.308. The topological polar surface area (TPSA) is 114 Å². The summed E-state index contributed by atoms with van der Waals surface area (Å²) in [7, 11) is 0. The van der Waals surface area contributed by atoms with Crippen molar-refractivity contribution in [2.45, 2.75) is 6.92 Å². The first-order chi connectivity index (χ1) is 9.58. The molecule has 0 heterocycles. The smallest absolute Gasteiger partial charge is 0.341 e. The van der Waals surface area contributed by atoms with E-state index in [1.165, 1.54) is 12.1 Å². The number of amides is 1. The molecule has 0 atom stereocenters. The predicted octanol–water partition coefficient (Wildman–Crippen LogP) is 0.464. The van der Waals surface area contributed by atoms with Gasteiger partial charge in [0.05, 0.1) is 12.7 Å². The first kappa shape index (κ1) is 15.3. The molecule has 0 aliphatic carbocycles. The Morgan fingerprint density at radius 3 is 2.85 bits per heavy atom. The summed E-state index contributed by atoms with van der Waals surface area (Å²) in [6, 6.07) is 6.22. The number of nitrogens with zero attached hydrogens (tertiary/aromatic N) is 1. The van der Waals surface area contributed by atoms with Gasteiger partial charge >= 0.3 is 5.97 Å². The van der Waals surface area contributed by atoms with Gasteiger partial charge in [0.1, 0.15) is 17.9 Å². The number of esters is 1. The molecule has 0 bridgehead atoms. The zero-order valence-electron chi connectivity index (χ0n) is 11.0. The van der Waals surface area contributed by atoms with E-state index in [1.807, 2.05) is 0 Å². The third kappa shape index (κ3) is 4.49. The Hall–Kier alpha value is -2.75. The Labute approximate surface area is 116 Å². The number of benzene rings is 1. The summed E-state index contributed by atoms with van der Waals surface area (Å²) in [6.45, 7) is 1.49. The van der Waals surface area contributed by atoms with Crippen molar-refractivity contribution in [3.8, 4) is 11.8 Å². The molecule has 1 amide bonds. The summed E-state index contributed by atoms with van der Waals surface area (Å²) in [5, 5.41) is 10.6. The maximum Gasteiger partial charge on any atom is 0.341 e. The van der Waals surface area contributed by atoms with Gasteiger partial charge in [0.2, 0.25) is 0 Å². The normalized spacial score (nSPS) is 9.40. The number of nitriles is 1. The molecule has 7 nitrogen and oxygen atoms in total. The lowest BCUT2D eigenvalue weighted by molar-refractivity contribution is -0.122. The van der Waals surface area contributed by atoms with Crippen molar-refractivity contribution in [2.75, 3.05) is 25.5 Å². The second-order valence-electron chi connectivity index (χ2n) is 3.70. The number of hydrogen-bond donors (Lipinski definition) is 2. The number of nitrogens with one attached hydrogen (secondary N) is 1. The molecule has 1 aromatic rings. The minimum Gasteiger partial charge on any atom is -0.483 e. The Morgan fingerprint density at radius 1 is 1.45 bits per heavy atom. The molecule has 0 aliphatic rings. The van der Waals surface area contributed by atoms with E-state index in [4.69, 9.17) is 20.5 Å². The average molecular weight is 277 g/mol. The molecule has 106 valence electrons. The van der Waals surface area contributed by atoms with Crippen LogP contribution in [0.3, 0.4) is 0 Å². The summed E-state index contributed by atoms with van der Waals surface area (Å²) in [5.74, 6) is -0.838. The van der Waals surface area contributed by atoms with E-state index in [2.05, 4.69) is 5.32 Å². The first-order valence-electron chi connectivity index (χ1n) is 5.91. The van der Waals surface area contributed by atoms with Crippen molar-refractivity contribution in [3.05, 3.63) is 23.8 Å². The van der Waals surface area contributed by atoms with Crippen molar-refractivity contribution in [1.29, 1.82) is 5.26 Å². The highest BCUT2D eigenvalue weighted by atomic mass is 16.5. The highest BCUT2D eigenvalue weighted by Crippen LogP contribution is 2.22. The van der Waals surface area contributed by atoms with Crippen molar-refractivity contribution in [3.63, 3.8) is 0 Å². The first-order valence-corrected chi connectivity index (χ1v) is 5.91. The molecule has 0 fully saturated rings. The highest BCUT2D eigenvalue weighted by Gasteiger charge is 2.15. The largest absolute Gasteiger partial charge is 0.483 e. The van der Waals surface area contributed by atoms with Crippen LogP contribution < -0.4 is 15.8 Å². The molecule has 0 saturated heterocycles. The molecular formula is C13H15N3O4. The van der Waals surface area contributed by atoms with Gasteiger partial charge in [0.25, 0.3) is 5.91 Å². The number of carbonyl (C=O) groups is 2. The Kier molecular flexibility index (Phi) is 5.84. The quantitative estimate of drug-likeness (QED) is 0.443. The second kappa shape index (κ2) is 7.63. The molecular weight excluding hydrogens is 262 g/mol. The van der Waals surface area contributed by atoms with E-state index < -0.39 is 11.9 Å². The van der Waals surface area contributed by atoms with Gasteiger partial charge in [-0.1, -0.05) is 0 Å². The van der Waals surface area contributed by atoms with Crippen LogP contribution in [0.2, 0.25) is 0 Å². The average Bonchev–Trinajstić information content (AvgIpc) is 2.43. The van der Waals surface area contributed by atoms with Crippen LogP contribution in [0.15, 0.2) is 18.2 Å². The van der Waals surface area contributed by atoms with E-state index in [0.717, 1.165) is 0 Å². The Balaban J connectivity index is 2.77. The molecule has 0 aliphatic heterocycles. The molecule has 1 aromatic carbocycles. The summed E-state index contributed by atoms with van der Waals surface area (Å²) in [6.07, 6.45) is 0. The predicted molar refractivity (Wildman–Crippen MR) is 70.9 cm³/mol.